The van der Waals surface area contributed by atoms with Crippen molar-refractivity contribution in [2.24, 2.45) is 17.6 Å². The van der Waals surface area contributed by atoms with E-state index in [9.17, 15) is 4.79 Å². The summed E-state index contributed by atoms with van der Waals surface area (Å²) in [6.07, 6.45) is 3.95. The molecule has 0 atom stereocenters. The number of nitrogens with zero attached hydrogens (tertiary/aromatic N) is 2. The standard InChI is InChI=1S/C17H35N3O/c1-5-19(6-2)11-12-20(13-14(3)4)17(21)15-7-9-16(18)10-8-15/h14-16H,5-13,18H2,1-4H3. The van der Waals surface area contributed by atoms with E-state index >= 15 is 0 Å². The van der Waals surface area contributed by atoms with Gasteiger partial charge in [-0.05, 0) is 44.7 Å². The maximum atomic E-state index is 12.8. The molecule has 1 rings (SSSR count). The maximum Gasteiger partial charge on any atom is 0.225 e. The maximum absolute atomic E-state index is 12.8. The first kappa shape index (κ1) is 18.4. The van der Waals surface area contributed by atoms with Crippen molar-refractivity contribution in [2.75, 3.05) is 32.7 Å². The van der Waals surface area contributed by atoms with Crippen LogP contribution in [0.15, 0.2) is 0 Å². The average molecular weight is 297 g/mol. The molecule has 21 heavy (non-hydrogen) atoms. The molecule has 124 valence electrons. The van der Waals surface area contributed by atoms with Crippen LogP contribution in [0.5, 0.6) is 0 Å². The molecule has 1 aliphatic carbocycles. The van der Waals surface area contributed by atoms with Crippen LogP contribution in [-0.4, -0.2) is 54.5 Å². The zero-order valence-corrected chi connectivity index (χ0v) is 14.5. The van der Waals surface area contributed by atoms with E-state index < -0.39 is 0 Å². The van der Waals surface area contributed by atoms with Crippen molar-refractivity contribution in [3.05, 3.63) is 0 Å². The van der Waals surface area contributed by atoms with E-state index in [1.54, 1.807) is 0 Å². The first-order valence-electron chi connectivity index (χ1n) is 8.74. The summed E-state index contributed by atoms with van der Waals surface area (Å²) in [5.74, 6) is 1.10. The van der Waals surface area contributed by atoms with Gasteiger partial charge in [0, 0.05) is 31.6 Å². The third-order valence-electron chi connectivity index (χ3n) is 4.60. The van der Waals surface area contributed by atoms with Gasteiger partial charge >= 0.3 is 0 Å². The predicted molar refractivity (Wildman–Crippen MR) is 89.1 cm³/mol. The highest BCUT2D eigenvalue weighted by molar-refractivity contribution is 5.79. The van der Waals surface area contributed by atoms with E-state index in [1.807, 2.05) is 0 Å². The van der Waals surface area contributed by atoms with Crippen molar-refractivity contribution in [3.63, 3.8) is 0 Å². The van der Waals surface area contributed by atoms with Crippen molar-refractivity contribution in [2.45, 2.75) is 59.4 Å². The topological polar surface area (TPSA) is 49.6 Å². The van der Waals surface area contributed by atoms with Crippen LogP contribution in [0.4, 0.5) is 0 Å². The van der Waals surface area contributed by atoms with Crippen LogP contribution in [0.3, 0.4) is 0 Å². The van der Waals surface area contributed by atoms with Gasteiger partial charge in [0.2, 0.25) is 5.91 Å². The SMILES string of the molecule is CCN(CC)CCN(CC(C)C)C(=O)C1CCC(N)CC1. The molecule has 1 amide bonds. The van der Waals surface area contributed by atoms with Gasteiger partial charge in [-0.2, -0.15) is 0 Å². The fraction of sp³-hybridized carbons (Fsp3) is 0.941. The summed E-state index contributed by atoms with van der Waals surface area (Å²) in [7, 11) is 0. The highest BCUT2D eigenvalue weighted by Gasteiger charge is 2.28. The molecule has 0 saturated heterocycles. The van der Waals surface area contributed by atoms with Crippen molar-refractivity contribution < 1.29 is 4.79 Å². The molecular weight excluding hydrogens is 262 g/mol. The summed E-state index contributed by atoms with van der Waals surface area (Å²) < 4.78 is 0. The third kappa shape index (κ3) is 6.35. The summed E-state index contributed by atoms with van der Waals surface area (Å²) in [6.45, 7) is 13.6. The van der Waals surface area contributed by atoms with Crippen LogP contribution in [-0.2, 0) is 4.79 Å². The Kier molecular flexibility index (Phi) is 8.27. The minimum Gasteiger partial charge on any atom is -0.341 e. The molecule has 0 aromatic rings. The zero-order chi connectivity index (χ0) is 15.8. The Balaban J connectivity index is 2.56. The number of carbonyl (C=O) groups is 1. The number of amides is 1. The van der Waals surface area contributed by atoms with Gasteiger partial charge in [-0.3, -0.25) is 4.79 Å². The lowest BCUT2D eigenvalue weighted by Crippen LogP contribution is -2.44. The Morgan fingerprint density at radius 2 is 1.67 bits per heavy atom. The van der Waals surface area contributed by atoms with Crippen LogP contribution in [0.25, 0.3) is 0 Å². The lowest BCUT2D eigenvalue weighted by molar-refractivity contribution is -0.137. The fourth-order valence-electron chi connectivity index (χ4n) is 3.16. The molecule has 0 aliphatic heterocycles. The molecule has 1 fully saturated rings. The summed E-state index contributed by atoms with van der Waals surface area (Å²) in [5.41, 5.74) is 5.96. The lowest BCUT2D eigenvalue weighted by atomic mass is 9.85. The summed E-state index contributed by atoms with van der Waals surface area (Å²) in [6, 6.07) is 0.309. The smallest absolute Gasteiger partial charge is 0.225 e. The van der Waals surface area contributed by atoms with Crippen LogP contribution < -0.4 is 5.73 Å². The second-order valence-electron chi connectivity index (χ2n) is 6.82. The molecule has 0 aromatic heterocycles. The zero-order valence-electron chi connectivity index (χ0n) is 14.5. The van der Waals surface area contributed by atoms with Gasteiger partial charge in [-0.15, -0.1) is 0 Å². The molecule has 0 heterocycles. The first-order valence-corrected chi connectivity index (χ1v) is 8.74. The molecule has 4 nitrogen and oxygen atoms in total. The first-order chi connectivity index (χ1) is 9.97. The highest BCUT2D eigenvalue weighted by atomic mass is 16.2. The molecule has 2 N–H and O–H groups in total. The molecular formula is C17H35N3O. The number of hydrogen-bond donors (Lipinski definition) is 1. The molecule has 0 radical (unpaired) electrons. The van der Waals surface area contributed by atoms with Gasteiger partial charge < -0.3 is 15.5 Å². The minimum absolute atomic E-state index is 0.209. The summed E-state index contributed by atoms with van der Waals surface area (Å²) in [5, 5.41) is 0. The normalized spacial score (nSPS) is 22.8. The number of hydrogen-bond acceptors (Lipinski definition) is 3. The van der Waals surface area contributed by atoms with Crippen LogP contribution in [0.2, 0.25) is 0 Å². The van der Waals surface area contributed by atoms with Crippen molar-refractivity contribution in [1.82, 2.24) is 9.80 Å². The van der Waals surface area contributed by atoms with Crippen molar-refractivity contribution in [1.29, 1.82) is 0 Å². The Morgan fingerprint density at radius 3 is 2.14 bits per heavy atom. The monoisotopic (exact) mass is 297 g/mol. The van der Waals surface area contributed by atoms with Crippen molar-refractivity contribution >= 4 is 5.91 Å². The summed E-state index contributed by atoms with van der Waals surface area (Å²) >= 11 is 0. The Labute approximate surface area is 131 Å². The molecule has 4 heteroatoms. The van der Waals surface area contributed by atoms with Gasteiger partial charge in [0.15, 0.2) is 0 Å². The molecule has 1 aliphatic rings. The van der Waals surface area contributed by atoms with E-state index in [-0.39, 0.29) is 5.92 Å². The third-order valence-corrected chi connectivity index (χ3v) is 4.60. The van der Waals surface area contributed by atoms with E-state index in [0.717, 1.165) is 58.4 Å². The lowest BCUT2D eigenvalue weighted by Gasteiger charge is -2.33. The van der Waals surface area contributed by atoms with Crippen LogP contribution in [0.1, 0.15) is 53.4 Å². The minimum atomic E-state index is 0.209. The quantitative estimate of drug-likeness (QED) is 0.748. The molecule has 0 bridgehead atoms. The second kappa shape index (κ2) is 9.42. The van der Waals surface area contributed by atoms with Crippen LogP contribution >= 0.6 is 0 Å². The van der Waals surface area contributed by atoms with Gasteiger partial charge in [-0.25, -0.2) is 0 Å². The Morgan fingerprint density at radius 1 is 1.10 bits per heavy atom. The second-order valence-corrected chi connectivity index (χ2v) is 6.82. The van der Waals surface area contributed by atoms with Crippen LogP contribution in [0, 0.1) is 11.8 Å². The fourth-order valence-corrected chi connectivity index (χ4v) is 3.16. The average Bonchev–Trinajstić information content (AvgIpc) is 2.46. The Hall–Kier alpha value is -0.610. The molecule has 0 aromatic carbocycles. The Bertz CT molecular complexity index is 294. The van der Waals surface area contributed by atoms with E-state index in [2.05, 4.69) is 37.5 Å². The van der Waals surface area contributed by atoms with Crippen molar-refractivity contribution in [3.8, 4) is 0 Å². The van der Waals surface area contributed by atoms with E-state index in [0.29, 0.717) is 17.9 Å². The highest BCUT2D eigenvalue weighted by Crippen LogP contribution is 2.25. The number of rotatable bonds is 8. The number of nitrogens with two attached hydrogens (primary N) is 1. The van der Waals surface area contributed by atoms with E-state index in [1.165, 1.54) is 0 Å². The molecule has 0 spiro atoms. The largest absolute Gasteiger partial charge is 0.341 e. The van der Waals surface area contributed by atoms with Gasteiger partial charge in [0.05, 0.1) is 0 Å². The number of carbonyl (C=O) groups excluding carboxylic acids is 1. The van der Waals surface area contributed by atoms with E-state index in [4.69, 9.17) is 5.73 Å². The molecule has 1 saturated carbocycles. The molecule has 0 unspecified atom stereocenters. The van der Waals surface area contributed by atoms with Gasteiger partial charge in [0.1, 0.15) is 0 Å². The predicted octanol–water partition coefficient (Wildman–Crippen LogP) is 2.33. The number of likely N-dealkylation sites (N-methyl/N-ethyl adjacent to an activating group) is 1. The van der Waals surface area contributed by atoms with Gasteiger partial charge in [0.25, 0.3) is 0 Å². The van der Waals surface area contributed by atoms with Gasteiger partial charge in [-0.1, -0.05) is 27.7 Å². The summed E-state index contributed by atoms with van der Waals surface area (Å²) in [4.78, 5) is 17.3.